The minimum atomic E-state index is -0.303. The summed E-state index contributed by atoms with van der Waals surface area (Å²) in [5.41, 5.74) is 5.33. The molecule has 0 radical (unpaired) electrons. The Kier molecular flexibility index (Phi) is 6.40. The molecule has 168 valence electrons. The zero-order chi connectivity index (χ0) is 23.0. The zero-order valence-electron chi connectivity index (χ0n) is 18.8. The van der Waals surface area contributed by atoms with E-state index >= 15 is 0 Å². The predicted molar refractivity (Wildman–Crippen MR) is 128 cm³/mol. The third kappa shape index (κ3) is 4.19. The maximum atomic E-state index is 13.4. The number of rotatable bonds is 7. The van der Waals surface area contributed by atoms with Crippen molar-refractivity contribution >= 4 is 21.8 Å². The van der Waals surface area contributed by atoms with Gasteiger partial charge in [-0.2, -0.15) is 5.10 Å². The lowest BCUT2D eigenvalue weighted by Gasteiger charge is -2.27. The molecule has 0 saturated carbocycles. The summed E-state index contributed by atoms with van der Waals surface area (Å²) < 4.78 is 6.63. The van der Waals surface area contributed by atoms with Gasteiger partial charge in [-0.3, -0.25) is 9.89 Å². The lowest BCUT2D eigenvalue weighted by Crippen LogP contribution is -2.31. The summed E-state index contributed by atoms with van der Waals surface area (Å²) in [5.74, 6) is 0.103. The fourth-order valence-corrected chi connectivity index (χ4v) is 4.77. The molecule has 2 aromatic carbocycles. The first kappa shape index (κ1) is 22.6. The lowest BCUT2D eigenvalue weighted by atomic mass is 9.94. The van der Waals surface area contributed by atoms with E-state index in [1.807, 2.05) is 69.0 Å². The fourth-order valence-electron chi connectivity index (χ4n) is 4.35. The quantitative estimate of drug-likeness (QED) is 0.421. The summed E-state index contributed by atoms with van der Waals surface area (Å²) in [4.78, 5) is 15.3. The van der Waals surface area contributed by atoms with E-state index in [0.717, 1.165) is 33.1 Å². The van der Waals surface area contributed by atoms with Crippen molar-refractivity contribution in [1.82, 2.24) is 15.1 Å². The molecule has 0 fully saturated rings. The highest BCUT2D eigenvalue weighted by Crippen LogP contribution is 2.45. The highest BCUT2D eigenvalue weighted by atomic mass is 79.9. The van der Waals surface area contributed by atoms with Crippen molar-refractivity contribution in [3.05, 3.63) is 68.8 Å². The van der Waals surface area contributed by atoms with Crippen LogP contribution in [0.2, 0.25) is 0 Å². The van der Waals surface area contributed by atoms with Crippen LogP contribution in [0.3, 0.4) is 0 Å². The molecule has 0 spiro atoms. The van der Waals surface area contributed by atoms with Crippen molar-refractivity contribution in [2.45, 2.75) is 46.3 Å². The number of halogens is 1. The molecule has 4 rings (SSSR count). The molecule has 0 saturated heterocycles. The second-order valence-corrected chi connectivity index (χ2v) is 9.48. The fraction of sp³-hybridized carbons (Fsp3) is 0.360. The second-order valence-electron chi connectivity index (χ2n) is 8.57. The number of H-pyrrole nitrogens is 1. The number of fused-ring (bicyclic) bond motifs is 1. The van der Waals surface area contributed by atoms with Gasteiger partial charge >= 0.3 is 0 Å². The number of phenolic OH excluding ortho intramolecular Hbond substituents is 1. The number of hydrogen-bond donors (Lipinski definition) is 2. The molecule has 0 aliphatic carbocycles. The molecule has 6 nitrogen and oxygen atoms in total. The van der Waals surface area contributed by atoms with Crippen LogP contribution in [-0.2, 0) is 4.74 Å². The van der Waals surface area contributed by atoms with Gasteiger partial charge in [0.1, 0.15) is 17.1 Å². The van der Waals surface area contributed by atoms with Gasteiger partial charge in [0.2, 0.25) is 0 Å². The highest BCUT2D eigenvalue weighted by molar-refractivity contribution is 9.10. The van der Waals surface area contributed by atoms with E-state index in [0.29, 0.717) is 30.1 Å². The highest BCUT2D eigenvalue weighted by Gasteiger charge is 2.42. The molecular formula is C25H28BrN3O3. The van der Waals surface area contributed by atoms with Crippen LogP contribution in [0.25, 0.3) is 11.3 Å². The largest absolute Gasteiger partial charge is 0.507 e. The molecule has 1 aromatic heterocycles. The molecule has 7 heteroatoms. The number of amides is 1. The van der Waals surface area contributed by atoms with Crippen molar-refractivity contribution in [3.63, 3.8) is 0 Å². The number of aromatic amines is 1. The number of aromatic hydroxyl groups is 1. The van der Waals surface area contributed by atoms with E-state index in [1.54, 1.807) is 0 Å². The molecule has 3 aromatic rings. The summed E-state index contributed by atoms with van der Waals surface area (Å²) >= 11 is 3.56. The Bertz CT molecular complexity index is 1160. The number of hydrogen-bond acceptors (Lipinski definition) is 4. The van der Waals surface area contributed by atoms with Crippen LogP contribution < -0.4 is 0 Å². The summed E-state index contributed by atoms with van der Waals surface area (Å²) in [6.45, 7) is 9.01. The normalized spacial score (nSPS) is 15.6. The van der Waals surface area contributed by atoms with E-state index in [4.69, 9.17) is 4.74 Å². The lowest BCUT2D eigenvalue weighted by molar-refractivity contribution is 0.0601. The molecule has 1 atom stereocenters. The molecule has 1 unspecified atom stereocenters. The van der Waals surface area contributed by atoms with E-state index in [2.05, 4.69) is 26.1 Å². The number of carbonyl (C=O) groups excluding carboxylic acids is 1. The average Bonchev–Trinajstić information content (AvgIpc) is 3.27. The SMILES string of the molecule is Cc1cc(C)c(O)c(-c2n[nH]c3c2C(c2cccc(Br)c2)N(CCCOC(C)C)C3=O)c1. The average molecular weight is 498 g/mol. The number of nitrogens with zero attached hydrogens (tertiary/aromatic N) is 2. The van der Waals surface area contributed by atoms with E-state index in [9.17, 15) is 9.90 Å². The number of aryl methyl sites for hydroxylation is 2. The third-order valence-corrected chi connectivity index (χ3v) is 6.22. The summed E-state index contributed by atoms with van der Waals surface area (Å²) in [7, 11) is 0. The van der Waals surface area contributed by atoms with Gasteiger partial charge in [-0.1, -0.05) is 34.1 Å². The predicted octanol–water partition coefficient (Wildman–Crippen LogP) is 5.52. The van der Waals surface area contributed by atoms with Gasteiger partial charge in [0, 0.05) is 28.8 Å². The Hall–Kier alpha value is -2.64. The molecule has 1 aliphatic heterocycles. The van der Waals surface area contributed by atoms with Crippen LogP contribution in [0.5, 0.6) is 5.75 Å². The molecule has 0 bridgehead atoms. The van der Waals surface area contributed by atoms with Crippen LogP contribution >= 0.6 is 15.9 Å². The van der Waals surface area contributed by atoms with Crippen molar-refractivity contribution < 1.29 is 14.6 Å². The molecule has 2 N–H and O–H groups in total. The van der Waals surface area contributed by atoms with E-state index < -0.39 is 0 Å². The first-order valence-corrected chi connectivity index (χ1v) is 11.6. The van der Waals surface area contributed by atoms with Gasteiger partial charge in [-0.05, 0) is 69.0 Å². The topological polar surface area (TPSA) is 78.5 Å². The third-order valence-electron chi connectivity index (χ3n) is 5.72. The maximum Gasteiger partial charge on any atom is 0.273 e. The minimum Gasteiger partial charge on any atom is -0.507 e. The van der Waals surface area contributed by atoms with Gasteiger partial charge in [0.05, 0.1) is 12.1 Å². The van der Waals surface area contributed by atoms with Gasteiger partial charge < -0.3 is 14.7 Å². The zero-order valence-corrected chi connectivity index (χ0v) is 20.4. The Morgan fingerprint density at radius 1 is 1.25 bits per heavy atom. The summed E-state index contributed by atoms with van der Waals surface area (Å²) in [6, 6.07) is 11.5. The first-order valence-electron chi connectivity index (χ1n) is 10.8. The van der Waals surface area contributed by atoms with Gasteiger partial charge in [0.15, 0.2) is 0 Å². The Labute approximate surface area is 196 Å². The van der Waals surface area contributed by atoms with Crippen LogP contribution in [0.15, 0.2) is 40.9 Å². The number of nitrogens with one attached hydrogen (secondary N) is 1. The number of carbonyl (C=O) groups is 1. The molecule has 2 heterocycles. The Morgan fingerprint density at radius 3 is 2.75 bits per heavy atom. The van der Waals surface area contributed by atoms with E-state index in [-0.39, 0.29) is 23.8 Å². The van der Waals surface area contributed by atoms with Gasteiger partial charge in [-0.25, -0.2) is 0 Å². The van der Waals surface area contributed by atoms with Crippen LogP contribution in [0.4, 0.5) is 0 Å². The number of phenols is 1. The number of aromatic nitrogens is 2. The van der Waals surface area contributed by atoms with Crippen molar-refractivity contribution in [2.75, 3.05) is 13.2 Å². The molecule has 1 aliphatic rings. The summed E-state index contributed by atoms with van der Waals surface area (Å²) in [6.07, 6.45) is 0.886. The van der Waals surface area contributed by atoms with Crippen LogP contribution in [0, 0.1) is 13.8 Å². The minimum absolute atomic E-state index is 0.0860. The first-order chi connectivity index (χ1) is 15.3. The standard InChI is InChI=1S/C25H28BrN3O3/c1-14(2)32-10-6-9-29-23(17-7-5-8-18(26)13-17)20-21(27-28-22(20)25(29)31)19-12-15(3)11-16(4)24(19)30/h5,7-8,11-14,23,30H,6,9-10H2,1-4H3,(H,27,28). The Balaban J connectivity index is 1.80. The van der Waals surface area contributed by atoms with Crippen molar-refractivity contribution in [1.29, 1.82) is 0 Å². The Morgan fingerprint density at radius 2 is 2.03 bits per heavy atom. The van der Waals surface area contributed by atoms with Gasteiger partial charge in [0.25, 0.3) is 5.91 Å². The molecule has 1 amide bonds. The van der Waals surface area contributed by atoms with Crippen LogP contribution in [-0.4, -0.2) is 45.4 Å². The maximum absolute atomic E-state index is 13.4. The number of ether oxygens (including phenoxy) is 1. The summed E-state index contributed by atoms with van der Waals surface area (Å²) in [5, 5.41) is 18.2. The van der Waals surface area contributed by atoms with Crippen molar-refractivity contribution in [3.8, 4) is 17.0 Å². The second kappa shape index (κ2) is 9.08. The van der Waals surface area contributed by atoms with E-state index in [1.165, 1.54) is 0 Å². The monoisotopic (exact) mass is 497 g/mol. The molecule has 32 heavy (non-hydrogen) atoms. The van der Waals surface area contributed by atoms with Gasteiger partial charge in [-0.15, -0.1) is 0 Å². The van der Waals surface area contributed by atoms with Crippen LogP contribution in [0.1, 0.15) is 59.1 Å². The van der Waals surface area contributed by atoms with Crippen molar-refractivity contribution in [2.24, 2.45) is 0 Å². The number of benzene rings is 2. The molecular weight excluding hydrogens is 470 g/mol. The smallest absolute Gasteiger partial charge is 0.273 e.